The van der Waals surface area contributed by atoms with Crippen LogP contribution < -0.4 is 5.32 Å². The van der Waals surface area contributed by atoms with E-state index < -0.39 is 0 Å². The lowest BCUT2D eigenvalue weighted by Crippen LogP contribution is -2.47. The van der Waals surface area contributed by atoms with E-state index in [4.69, 9.17) is 0 Å². The molecule has 0 aromatic carbocycles. The lowest BCUT2D eigenvalue weighted by atomic mass is 9.92. The van der Waals surface area contributed by atoms with Crippen LogP contribution in [0.2, 0.25) is 0 Å². The molecule has 2 aliphatic rings. The number of hydrogen-bond donors (Lipinski definition) is 1. The van der Waals surface area contributed by atoms with Crippen molar-refractivity contribution in [3.8, 4) is 0 Å². The fourth-order valence-corrected chi connectivity index (χ4v) is 2.93. The maximum absolute atomic E-state index is 3.45. The molecule has 2 fully saturated rings. The second-order valence-corrected chi connectivity index (χ2v) is 4.89. The average molecular weight is 233 g/mol. The zero-order valence-electron chi connectivity index (χ0n) is 9.87. The van der Waals surface area contributed by atoms with Crippen molar-refractivity contribution < 1.29 is 0 Å². The van der Waals surface area contributed by atoms with Crippen molar-refractivity contribution in [2.45, 2.75) is 45.1 Å². The van der Waals surface area contributed by atoms with Crippen LogP contribution in [0.5, 0.6) is 0 Å². The minimum absolute atomic E-state index is 0. The van der Waals surface area contributed by atoms with Crippen molar-refractivity contribution in [1.82, 2.24) is 10.2 Å². The summed E-state index contributed by atoms with van der Waals surface area (Å²) < 4.78 is 0. The Kier molecular flexibility index (Phi) is 5.95. The second kappa shape index (κ2) is 6.72. The van der Waals surface area contributed by atoms with Crippen LogP contribution in [0.4, 0.5) is 0 Å². The minimum Gasteiger partial charge on any atom is -0.317 e. The van der Waals surface area contributed by atoms with E-state index in [9.17, 15) is 0 Å². The molecule has 15 heavy (non-hydrogen) atoms. The highest BCUT2D eigenvalue weighted by molar-refractivity contribution is 5.85. The number of hydrogen-bond acceptors (Lipinski definition) is 2. The molecule has 0 aromatic rings. The summed E-state index contributed by atoms with van der Waals surface area (Å²) in [6.07, 6.45) is 7.02. The van der Waals surface area contributed by atoms with E-state index in [1.165, 1.54) is 58.3 Å². The normalized spacial score (nSPS) is 29.8. The van der Waals surface area contributed by atoms with Crippen molar-refractivity contribution >= 4 is 12.4 Å². The first-order valence-corrected chi connectivity index (χ1v) is 6.35. The summed E-state index contributed by atoms with van der Waals surface area (Å²) in [6, 6.07) is 0.894. The summed E-state index contributed by atoms with van der Waals surface area (Å²) in [6.45, 7) is 7.55. The minimum atomic E-state index is 0. The zero-order chi connectivity index (χ0) is 9.80. The third-order valence-corrected chi connectivity index (χ3v) is 3.95. The van der Waals surface area contributed by atoms with Gasteiger partial charge in [0.2, 0.25) is 0 Å². The predicted molar refractivity (Wildman–Crippen MR) is 67.7 cm³/mol. The molecule has 2 nitrogen and oxygen atoms in total. The van der Waals surface area contributed by atoms with Gasteiger partial charge in [-0.1, -0.05) is 13.3 Å². The molecule has 0 saturated carbocycles. The van der Waals surface area contributed by atoms with Gasteiger partial charge in [0.25, 0.3) is 0 Å². The van der Waals surface area contributed by atoms with Gasteiger partial charge in [0.05, 0.1) is 0 Å². The second-order valence-electron chi connectivity index (χ2n) is 4.89. The van der Waals surface area contributed by atoms with Crippen molar-refractivity contribution in [3.05, 3.63) is 0 Å². The molecular weight excluding hydrogens is 208 g/mol. The lowest BCUT2D eigenvalue weighted by Gasteiger charge is -2.40. The van der Waals surface area contributed by atoms with E-state index in [1.807, 2.05) is 0 Å². The number of likely N-dealkylation sites (tertiary alicyclic amines) is 1. The van der Waals surface area contributed by atoms with Gasteiger partial charge in [-0.2, -0.15) is 0 Å². The summed E-state index contributed by atoms with van der Waals surface area (Å²) >= 11 is 0. The molecule has 0 radical (unpaired) electrons. The largest absolute Gasteiger partial charge is 0.317 e. The van der Waals surface area contributed by atoms with E-state index in [0.29, 0.717) is 0 Å². The van der Waals surface area contributed by atoms with Gasteiger partial charge in [-0.05, 0) is 51.2 Å². The van der Waals surface area contributed by atoms with Crippen LogP contribution in [-0.4, -0.2) is 37.1 Å². The van der Waals surface area contributed by atoms with Crippen molar-refractivity contribution in [1.29, 1.82) is 0 Å². The molecule has 0 spiro atoms. The van der Waals surface area contributed by atoms with E-state index in [-0.39, 0.29) is 12.4 Å². The van der Waals surface area contributed by atoms with Crippen LogP contribution in [0.15, 0.2) is 0 Å². The Balaban J connectivity index is 0.00000112. The zero-order valence-corrected chi connectivity index (χ0v) is 10.7. The lowest BCUT2D eigenvalue weighted by molar-refractivity contribution is 0.101. The molecular formula is C12H25ClN2. The highest BCUT2D eigenvalue weighted by Gasteiger charge is 2.25. The molecule has 0 bridgehead atoms. The van der Waals surface area contributed by atoms with Gasteiger partial charge in [-0.15, -0.1) is 12.4 Å². The standard InChI is InChI=1S/C12H24N2.ClH/c1-2-11-4-3-9-14(10-11)12-5-7-13-8-6-12;/h11-13H,2-10H2,1H3;1H/t11-;/m1./s1. The first-order chi connectivity index (χ1) is 6.90. The van der Waals surface area contributed by atoms with Gasteiger partial charge in [0, 0.05) is 12.6 Å². The van der Waals surface area contributed by atoms with Crippen LogP contribution in [-0.2, 0) is 0 Å². The van der Waals surface area contributed by atoms with E-state index >= 15 is 0 Å². The molecule has 0 amide bonds. The topological polar surface area (TPSA) is 15.3 Å². The van der Waals surface area contributed by atoms with Crippen LogP contribution in [0.25, 0.3) is 0 Å². The molecule has 1 N–H and O–H groups in total. The Morgan fingerprint density at radius 1 is 1.20 bits per heavy atom. The monoisotopic (exact) mass is 232 g/mol. The Morgan fingerprint density at radius 2 is 1.93 bits per heavy atom. The summed E-state index contributed by atoms with van der Waals surface area (Å²) in [7, 11) is 0. The maximum atomic E-state index is 3.45. The van der Waals surface area contributed by atoms with Crippen molar-refractivity contribution in [2.24, 2.45) is 5.92 Å². The average Bonchev–Trinajstić information content (AvgIpc) is 2.30. The van der Waals surface area contributed by atoms with Crippen LogP contribution >= 0.6 is 12.4 Å². The molecule has 2 rings (SSSR count). The Morgan fingerprint density at radius 3 is 2.60 bits per heavy atom. The fraction of sp³-hybridized carbons (Fsp3) is 1.00. The summed E-state index contributed by atoms with van der Waals surface area (Å²) in [5.74, 6) is 0.985. The molecule has 2 heterocycles. The van der Waals surface area contributed by atoms with Crippen LogP contribution in [0.3, 0.4) is 0 Å². The summed E-state index contributed by atoms with van der Waals surface area (Å²) in [4.78, 5) is 2.76. The van der Waals surface area contributed by atoms with E-state index in [2.05, 4.69) is 17.1 Å². The predicted octanol–water partition coefficient (Wildman–Crippen LogP) is 2.28. The SMILES string of the molecule is CC[C@@H]1CCCN(C2CCNCC2)C1.Cl. The smallest absolute Gasteiger partial charge is 0.0119 e. The molecule has 1 atom stereocenters. The third kappa shape index (κ3) is 3.61. The number of nitrogens with zero attached hydrogens (tertiary/aromatic N) is 1. The quantitative estimate of drug-likeness (QED) is 0.786. The van der Waals surface area contributed by atoms with Gasteiger partial charge in [0.1, 0.15) is 0 Å². The van der Waals surface area contributed by atoms with Crippen molar-refractivity contribution in [3.63, 3.8) is 0 Å². The highest BCUT2D eigenvalue weighted by atomic mass is 35.5. The van der Waals surface area contributed by atoms with Crippen LogP contribution in [0, 0.1) is 5.92 Å². The summed E-state index contributed by atoms with van der Waals surface area (Å²) in [5, 5.41) is 3.45. The first kappa shape index (κ1) is 13.3. The number of halogens is 1. The molecule has 3 heteroatoms. The first-order valence-electron chi connectivity index (χ1n) is 6.35. The Bertz CT molecular complexity index is 169. The molecule has 0 unspecified atom stereocenters. The van der Waals surface area contributed by atoms with Gasteiger partial charge in [0.15, 0.2) is 0 Å². The maximum Gasteiger partial charge on any atom is 0.0119 e. The Labute approximate surface area is 100 Å². The van der Waals surface area contributed by atoms with E-state index in [0.717, 1.165) is 12.0 Å². The molecule has 0 aromatic heterocycles. The highest BCUT2D eigenvalue weighted by Crippen LogP contribution is 2.23. The van der Waals surface area contributed by atoms with E-state index in [1.54, 1.807) is 0 Å². The number of rotatable bonds is 2. The van der Waals surface area contributed by atoms with Gasteiger partial charge >= 0.3 is 0 Å². The third-order valence-electron chi connectivity index (χ3n) is 3.95. The number of piperidine rings is 2. The molecule has 0 aliphatic carbocycles. The Hall–Kier alpha value is 0.210. The molecule has 2 saturated heterocycles. The van der Waals surface area contributed by atoms with Gasteiger partial charge in [-0.25, -0.2) is 0 Å². The number of nitrogens with one attached hydrogen (secondary N) is 1. The van der Waals surface area contributed by atoms with Gasteiger partial charge in [-0.3, -0.25) is 0 Å². The molecule has 2 aliphatic heterocycles. The fourth-order valence-electron chi connectivity index (χ4n) is 2.93. The summed E-state index contributed by atoms with van der Waals surface area (Å²) in [5.41, 5.74) is 0. The van der Waals surface area contributed by atoms with Gasteiger partial charge < -0.3 is 10.2 Å². The molecule has 90 valence electrons. The van der Waals surface area contributed by atoms with Crippen LogP contribution in [0.1, 0.15) is 39.0 Å². The van der Waals surface area contributed by atoms with Crippen molar-refractivity contribution in [2.75, 3.05) is 26.2 Å².